The highest BCUT2D eigenvalue weighted by atomic mass is 32.2. The number of ketones is 2. The molecule has 0 amide bonds. The average molecular weight is 435 g/mol. The molecule has 8 heteroatoms. The molecule has 1 unspecified atom stereocenters. The van der Waals surface area contributed by atoms with Crippen LogP contribution >= 0.6 is 11.8 Å². The minimum absolute atomic E-state index is 0.114. The summed E-state index contributed by atoms with van der Waals surface area (Å²) in [5.74, 6) is -2.35. The lowest BCUT2D eigenvalue weighted by molar-refractivity contribution is -0.384. The lowest BCUT2D eigenvalue weighted by Gasteiger charge is -2.24. The van der Waals surface area contributed by atoms with Crippen molar-refractivity contribution in [1.29, 1.82) is 0 Å². The Hall–Kier alpha value is -3.78. The van der Waals surface area contributed by atoms with Crippen LogP contribution in [0.4, 0.5) is 10.1 Å². The molecule has 1 N–H and O–H groups in total. The summed E-state index contributed by atoms with van der Waals surface area (Å²) >= 11 is 1.13. The topological polar surface area (TPSA) is 97.5 Å². The number of nitro groups is 1. The van der Waals surface area contributed by atoms with Crippen molar-refractivity contribution in [1.82, 2.24) is 0 Å². The molecule has 6 nitrogen and oxygen atoms in total. The highest BCUT2D eigenvalue weighted by Crippen LogP contribution is 2.45. The fourth-order valence-corrected chi connectivity index (χ4v) is 4.54. The number of thioether (sulfide) groups is 1. The normalized spacial score (nSPS) is 14.4. The van der Waals surface area contributed by atoms with Crippen LogP contribution < -0.4 is 0 Å². The van der Waals surface area contributed by atoms with Gasteiger partial charge in [0.2, 0.25) is 11.6 Å². The molecule has 154 valence electrons. The zero-order valence-corrected chi connectivity index (χ0v) is 16.6. The first-order valence-corrected chi connectivity index (χ1v) is 10.0. The monoisotopic (exact) mass is 435 g/mol. The van der Waals surface area contributed by atoms with Crippen LogP contribution in [0.2, 0.25) is 0 Å². The molecule has 0 saturated heterocycles. The molecule has 0 fully saturated rings. The fraction of sp³-hybridized carbons (Fsp3) is 0.0435. The van der Waals surface area contributed by atoms with E-state index in [1.807, 2.05) is 0 Å². The number of hydrogen-bond donors (Lipinski definition) is 1. The number of Topliss-reactive ketones (excluding diaryl/α,β-unsaturated/α-hetero) is 2. The quantitative estimate of drug-likeness (QED) is 0.253. The number of aliphatic hydroxyl groups excluding tert-OH is 1. The zero-order valence-electron chi connectivity index (χ0n) is 15.8. The van der Waals surface area contributed by atoms with E-state index < -0.39 is 27.6 Å². The maximum atomic E-state index is 13.3. The molecule has 1 aliphatic carbocycles. The van der Waals surface area contributed by atoms with Crippen LogP contribution in [0, 0.1) is 15.9 Å². The third kappa shape index (κ3) is 3.85. The van der Waals surface area contributed by atoms with Crippen molar-refractivity contribution >= 4 is 34.8 Å². The van der Waals surface area contributed by atoms with E-state index >= 15 is 0 Å². The average Bonchev–Trinajstić information content (AvgIpc) is 2.78. The van der Waals surface area contributed by atoms with Gasteiger partial charge in [0.1, 0.15) is 11.6 Å². The van der Waals surface area contributed by atoms with Crippen molar-refractivity contribution in [2.45, 2.75) is 10.1 Å². The van der Waals surface area contributed by atoms with Gasteiger partial charge < -0.3 is 5.11 Å². The van der Waals surface area contributed by atoms with Crippen molar-refractivity contribution in [3.05, 3.63) is 111 Å². The van der Waals surface area contributed by atoms with Crippen molar-refractivity contribution < 1.29 is 24.0 Å². The predicted molar refractivity (Wildman–Crippen MR) is 113 cm³/mol. The van der Waals surface area contributed by atoms with E-state index in [0.29, 0.717) is 10.5 Å². The second-order valence-electron chi connectivity index (χ2n) is 6.77. The van der Waals surface area contributed by atoms with E-state index in [0.717, 1.165) is 11.8 Å². The summed E-state index contributed by atoms with van der Waals surface area (Å²) in [6.07, 6.45) is 0. The van der Waals surface area contributed by atoms with Crippen LogP contribution in [0.3, 0.4) is 0 Å². The number of nitrogens with zero attached hydrogens (tertiary/aromatic N) is 1. The summed E-state index contributed by atoms with van der Waals surface area (Å²) in [6.45, 7) is 0. The lowest BCUT2D eigenvalue weighted by atomic mass is 9.85. The van der Waals surface area contributed by atoms with Gasteiger partial charge in [0.15, 0.2) is 0 Å². The van der Waals surface area contributed by atoms with E-state index in [-0.39, 0.29) is 28.1 Å². The SMILES string of the molecule is O=C1C(=O)c2ccccc2C(O)=C1C(Sc1ccc(F)cc1)c1ccc([N+](=O)[O-])cc1. The standard InChI is InChI=1S/C23H14FNO5S/c24-14-7-11-16(12-8-14)31-23(13-5-9-15(10-6-13)25(29)30)19-20(26)17-3-1-2-4-18(17)21(27)22(19)28/h1-12,23,26H. The molecule has 0 aliphatic heterocycles. The minimum atomic E-state index is -0.853. The molecule has 0 spiro atoms. The molecular formula is C23H14FNO5S. The molecule has 0 aromatic heterocycles. The number of benzene rings is 3. The number of carbonyl (C=O) groups is 2. The van der Waals surface area contributed by atoms with Crippen LogP contribution in [0.5, 0.6) is 0 Å². The Bertz CT molecular complexity index is 1240. The van der Waals surface area contributed by atoms with Gasteiger partial charge in [-0.3, -0.25) is 19.7 Å². The second-order valence-corrected chi connectivity index (χ2v) is 7.95. The van der Waals surface area contributed by atoms with Crippen molar-refractivity contribution in [2.75, 3.05) is 0 Å². The van der Waals surface area contributed by atoms with Crippen LogP contribution in [-0.2, 0) is 4.79 Å². The molecule has 0 radical (unpaired) electrons. The highest BCUT2D eigenvalue weighted by molar-refractivity contribution is 7.99. The number of rotatable bonds is 5. The summed E-state index contributed by atoms with van der Waals surface area (Å²) in [5.41, 5.74) is 0.578. The first-order valence-electron chi connectivity index (χ1n) is 9.15. The van der Waals surface area contributed by atoms with Crippen molar-refractivity contribution in [3.8, 4) is 0 Å². The number of nitro benzene ring substituents is 1. The van der Waals surface area contributed by atoms with E-state index in [1.165, 1.54) is 54.6 Å². The molecule has 1 aliphatic rings. The van der Waals surface area contributed by atoms with E-state index in [2.05, 4.69) is 0 Å². The summed E-state index contributed by atoms with van der Waals surface area (Å²) in [6, 6.07) is 17.3. The zero-order chi connectivity index (χ0) is 22.1. The number of halogens is 1. The Kier molecular flexibility index (Phi) is 5.39. The van der Waals surface area contributed by atoms with Gasteiger partial charge >= 0.3 is 0 Å². The van der Waals surface area contributed by atoms with Gasteiger partial charge in [-0.25, -0.2) is 4.39 Å². The lowest BCUT2D eigenvalue weighted by Crippen LogP contribution is -2.26. The van der Waals surface area contributed by atoms with Crippen molar-refractivity contribution in [3.63, 3.8) is 0 Å². The molecular weight excluding hydrogens is 421 g/mol. The molecule has 1 atom stereocenters. The number of non-ortho nitro benzene ring substituents is 1. The summed E-state index contributed by atoms with van der Waals surface area (Å²) in [5, 5.41) is 21.1. The van der Waals surface area contributed by atoms with Gasteiger partial charge in [-0.15, -0.1) is 11.8 Å². The van der Waals surface area contributed by atoms with Crippen molar-refractivity contribution in [2.24, 2.45) is 0 Å². The Morgan fingerprint density at radius 3 is 2.10 bits per heavy atom. The Balaban J connectivity index is 1.87. The molecule has 4 rings (SSSR count). The number of carbonyl (C=O) groups excluding carboxylic acids is 2. The number of aliphatic hydroxyl groups is 1. The highest BCUT2D eigenvalue weighted by Gasteiger charge is 2.38. The van der Waals surface area contributed by atoms with Gasteiger partial charge in [0, 0.05) is 28.2 Å². The van der Waals surface area contributed by atoms with Crippen LogP contribution in [0.1, 0.15) is 26.7 Å². The minimum Gasteiger partial charge on any atom is -0.507 e. The first-order chi connectivity index (χ1) is 14.9. The second kappa shape index (κ2) is 8.16. The number of fused-ring (bicyclic) bond motifs is 1. The largest absolute Gasteiger partial charge is 0.507 e. The maximum Gasteiger partial charge on any atom is 0.269 e. The number of hydrogen-bond acceptors (Lipinski definition) is 6. The van der Waals surface area contributed by atoms with Crippen LogP contribution in [-0.4, -0.2) is 21.6 Å². The molecule has 0 saturated carbocycles. The summed E-state index contributed by atoms with van der Waals surface area (Å²) in [7, 11) is 0. The summed E-state index contributed by atoms with van der Waals surface area (Å²) in [4.78, 5) is 36.7. The van der Waals surface area contributed by atoms with Crippen LogP contribution in [0.25, 0.3) is 5.76 Å². The smallest absolute Gasteiger partial charge is 0.269 e. The van der Waals surface area contributed by atoms with E-state index in [1.54, 1.807) is 18.2 Å². The summed E-state index contributed by atoms with van der Waals surface area (Å²) < 4.78 is 13.3. The third-order valence-corrected chi connectivity index (χ3v) is 6.16. The van der Waals surface area contributed by atoms with Gasteiger partial charge in [0.05, 0.1) is 15.7 Å². The Morgan fingerprint density at radius 2 is 1.48 bits per heavy atom. The van der Waals surface area contributed by atoms with E-state index in [9.17, 15) is 29.2 Å². The van der Waals surface area contributed by atoms with Gasteiger partial charge in [-0.1, -0.05) is 36.4 Å². The van der Waals surface area contributed by atoms with Gasteiger partial charge in [0.25, 0.3) is 5.69 Å². The van der Waals surface area contributed by atoms with Crippen LogP contribution in [0.15, 0.2) is 83.3 Å². The maximum absolute atomic E-state index is 13.3. The van der Waals surface area contributed by atoms with Gasteiger partial charge in [-0.2, -0.15) is 0 Å². The fourth-order valence-electron chi connectivity index (χ4n) is 3.34. The Labute approximate surface area is 180 Å². The molecule has 31 heavy (non-hydrogen) atoms. The van der Waals surface area contributed by atoms with E-state index in [4.69, 9.17) is 0 Å². The molecule has 0 heterocycles. The predicted octanol–water partition coefficient (Wildman–Crippen LogP) is 5.30. The Morgan fingerprint density at radius 1 is 0.871 bits per heavy atom. The molecule has 3 aromatic carbocycles. The third-order valence-electron chi connectivity index (χ3n) is 4.87. The van der Waals surface area contributed by atoms with Gasteiger partial charge in [-0.05, 0) is 29.8 Å². The molecule has 3 aromatic rings. The first kappa shape index (κ1) is 20.5. The molecule has 0 bridgehead atoms.